The zero-order valence-electron chi connectivity index (χ0n) is 11.4. The lowest BCUT2D eigenvalue weighted by molar-refractivity contribution is -0.115. The highest BCUT2D eigenvalue weighted by Gasteiger charge is 2.08. The molecule has 2 aromatic carbocycles. The normalized spacial score (nSPS) is 10.1. The van der Waals surface area contributed by atoms with Crippen molar-refractivity contribution in [1.29, 1.82) is 0 Å². The van der Waals surface area contributed by atoms with Crippen molar-refractivity contribution in [3.8, 4) is 5.75 Å². The van der Waals surface area contributed by atoms with E-state index >= 15 is 0 Å². The maximum absolute atomic E-state index is 12.0. The Hall–Kier alpha value is -2.49. The third-order valence-corrected chi connectivity index (χ3v) is 2.78. The van der Waals surface area contributed by atoms with E-state index in [2.05, 4.69) is 5.32 Å². The van der Waals surface area contributed by atoms with Crippen molar-refractivity contribution in [2.75, 3.05) is 17.7 Å². The molecule has 2 aromatic rings. The number of hydrogen-bond donors (Lipinski definition) is 2. The van der Waals surface area contributed by atoms with Gasteiger partial charge in [0.2, 0.25) is 5.91 Å². The Balaban J connectivity index is 2.05. The van der Waals surface area contributed by atoms with Crippen LogP contribution in [0.15, 0.2) is 48.5 Å². The molecular formula is C16H18N2O2. The van der Waals surface area contributed by atoms with Gasteiger partial charge in [0.05, 0.1) is 18.7 Å². The average molecular weight is 270 g/mol. The van der Waals surface area contributed by atoms with E-state index in [0.717, 1.165) is 5.56 Å². The predicted molar refractivity (Wildman–Crippen MR) is 80.8 cm³/mol. The number of carbonyl (C=O) groups excluding carboxylic acids is 1. The van der Waals surface area contributed by atoms with Gasteiger partial charge in [-0.1, -0.05) is 24.3 Å². The van der Waals surface area contributed by atoms with Gasteiger partial charge in [0.25, 0.3) is 0 Å². The van der Waals surface area contributed by atoms with Crippen molar-refractivity contribution in [2.45, 2.75) is 13.3 Å². The van der Waals surface area contributed by atoms with Crippen molar-refractivity contribution < 1.29 is 9.53 Å². The van der Waals surface area contributed by atoms with Crippen LogP contribution >= 0.6 is 0 Å². The molecule has 0 aliphatic rings. The molecule has 0 fully saturated rings. The summed E-state index contributed by atoms with van der Waals surface area (Å²) in [5, 5.41) is 2.86. The van der Waals surface area contributed by atoms with Gasteiger partial charge in [0.15, 0.2) is 0 Å². The van der Waals surface area contributed by atoms with Gasteiger partial charge in [-0.25, -0.2) is 0 Å². The third-order valence-electron chi connectivity index (χ3n) is 2.78. The largest absolute Gasteiger partial charge is 0.492 e. The summed E-state index contributed by atoms with van der Waals surface area (Å²) in [5.41, 5.74) is 7.93. The number of anilines is 2. The Labute approximate surface area is 118 Å². The fraction of sp³-hybridized carbons (Fsp3) is 0.188. The number of nitrogen functional groups attached to an aromatic ring is 1. The molecule has 0 saturated heterocycles. The highest BCUT2D eigenvalue weighted by molar-refractivity contribution is 5.93. The second-order valence-electron chi connectivity index (χ2n) is 4.40. The number of rotatable bonds is 5. The van der Waals surface area contributed by atoms with Gasteiger partial charge < -0.3 is 15.8 Å². The van der Waals surface area contributed by atoms with Crippen LogP contribution in [0.3, 0.4) is 0 Å². The van der Waals surface area contributed by atoms with E-state index in [1.165, 1.54) is 0 Å². The molecule has 0 aliphatic heterocycles. The Kier molecular flexibility index (Phi) is 4.60. The Bertz CT molecular complexity index is 597. The van der Waals surface area contributed by atoms with E-state index in [0.29, 0.717) is 23.7 Å². The number of para-hydroxylation sites is 2. The molecule has 0 bridgehead atoms. The zero-order chi connectivity index (χ0) is 14.4. The minimum absolute atomic E-state index is 0.0947. The first-order valence-electron chi connectivity index (χ1n) is 6.55. The molecule has 3 N–H and O–H groups in total. The first-order chi connectivity index (χ1) is 9.69. The number of nitrogens with one attached hydrogen (secondary N) is 1. The summed E-state index contributed by atoms with van der Waals surface area (Å²) in [5.74, 6) is 0.582. The Morgan fingerprint density at radius 3 is 2.75 bits per heavy atom. The van der Waals surface area contributed by atoms with Crippen LogP contribution in [0.1, 0.15) is 12.5 Å². The SMILES string of the molecule is CCOc1ccccc1NC(=O)Cc1cccc(N)c1. The molecule has 2 rings (SSSR count). The molecular weight excluding hydrogens is 252 g/mol. The summed E-state index contributed by atoms with van der Waals surface area (Å²) in [4.78, 5) is 12.0. The van der Waals surface area contributed by atoms with E-state index in [-0.39, 0.29) is 12.3 Å². The van der Waals surface area contributed by atoms with E-state index in [9.17, 15) is 4.79 Å². The van der Waals surface area contributed by atoms with Crippen LogP contribution < -0.4 is 15.8 Å². The number of benzene rings is 2. The van der Waals surface area contributed by atoms with E-state index in [4.69, 9.17) is 10.5 Å². The summed E-state index contributed by atoms with van der Waals surface area (Å²) in [6.07, 6.45) is 0.283. The van der Waals surface area contributed by atoms with E-state index in [1.807, 2.05) is 43.3 Å². The second kappa shape index (κ2) is 6.61. The Morgan fingerprint density at radius 1 is 1.20 bits per heavy atom. The van der Waals surface area contributed by atoms with Crippen LogP contribution in [0.2, 0.25) is 0 Å². The minimum Gasteiger partial charge on any atom is -0.492 e. The van der Waals surface area contributed by atoms with Crippen molar-refractivity contribution >= 4 is 17.3 Å². The van der Waals surface area contributed by atoms with Crippen molar-refractivity contribution in [3.63, 3.8) is 0 Å². The lowest BCUT2D eigenvalue weighted by atomic mass is 10.1. The van der Waals surface area contributed by atoms with Gasteiger partial charge in [-0.15, -0.1) is 0 Å². The molecule has 0 aliphatic carbocycles. The molecule has 0 unspecified atom stereocenters. The molecule has 0 saturated carbocycles. The zero-order valence-corrected chi connectivity index (χ0v) is 11.4. The molecule has 4 nitrogen and oxygen atoms in total. The number of ether oxygens (including phenoxy) is 1. The average Bonchev–Trinajstić information content (AvgIpc) is 2.41. The van der Waals surface area contributed by atoms with Crippen molar-refractivity contribution in [1.82, 2.24) is 0 Å². The summed E-state index contributed by atoms with van der Waals surface area (Å²) in [6.45, 7) is 2.47. The van der Waals surface area contributed by atoms with E-state index in [1.54, 1.807) is 12.1 Å². The van der Waals surface area contributed by atoms with Crippen LogP contribution in [0.25, 0.3) is 0 Å². The first kappa shape index (κ1) is 13.9. The maximum atomic E-state index is 12.0. The summed E-state index contributed by atoms with van der Waals surface area (Å²) in [7, 11) is 0. The number of hydrogen-bond acceptors (Lipinski definition) is 3. The second-order valence-corrected chi connectivity index (χ2v) is 4.40. The molecule has 0 aromatic heterocycles. The molecule has 0 heterocycles. The summed E-state index contributed by atoms with van der Waals surface area (Å²) < 4.78 is 5.47. The van der Waals surface area contributed by atoms with Crippen molar-refractivity contribution in [3.05, 3.63) is 54.1 Å². The van der Waals surface area contributed by atoms with Gasteiger partial charge in [0.1, 0.15) is 5.75 Å². The lowest BCUT2D eigenvalue weighted by Gasteiger charge is -2.11. The predicted octanol–water partition coefficient (Wildman–Crippen LogP) is 2.85. The quantitative estimate of drug-likeness (QED) is 0.821. The minimum atomic E-state index is -0.0947. The topological polar surface area (TPSA) is 64.3 Å². The molecule has 1 amide bonds. The maximum Gasteiger partial charge on any atom is 0.228 e. The monoisotopic (exact) mass is 270 g/mol. The molecule has 4 heteroatoms. The van der Waals surface area contributed by atoms with Crippen LogP contribution in [-0.4, -0.2) is 12.5 Å². The molecule has 0 atom stereocenters. The summed E-state index contributed by atoms with van der Waals surface area (Å²) in [6, 6.07) is 14.7. The van der Waals surface area contributed by atoms with Gasteiger partial charge in [-0.3, -0.25) is 4.79 Å². The smallest absolute Gasteiger partial charge is 0.228 e. The standard InChI is InChI=1S/C16H18N2O2/c1-2-20-15-9-4-3-8-14(15)18-16(19)11-12-6-5-7-13(17)10-12/h3-10H,2,11,17H2,1H3,(H,18,19). The lowest BCUT2D eigenvalue weighted by Crippen LogP contribution is -2.15. The van der Waals surface area contributed by atoms with Gasteiger partial charge >= 0.3 is 0 Å². The highest BCUT2D eigenvalue weighted by Crippen LogP contribution is 2.23. The van der Waals surface area contributed by atoms with Gasteiger partial charge in [-0.05, 0) is 36.8 Å². The molecule has 0 radical (unpaired) electrons. The molecule has 20 heavy (non-hydrogen) atoms. The summed E-state index contributed by atoms with van der Waals surface area (Å²) >= 11 is 0. The van der Waals surface area contributed by atoms with Crippen molar-refractivity contribution in [2.24, 2.45) is 0 Å². The highest BCUT2D eigenvalue weighted by atomic mass is 16.5. The van der Waals surface area contributed by atoms with Gasteiger partial charge in [0, 0.05) is 5.69 Å². The van der Waals surface area contributed by atoms with Crippen LogP contribution in [0.4, 0.5) is 11.4 Å². The van der Waals surface area contributed by atoms with Crippen LogP contribution in [0.5, 0.6) is 5.75 Å². The first-order valence-corrected chi connectivity index (χ1v) is 6.55. The number of carbonyl (C=O) groups is 1. The third kappa shape index (κ3) is 3.75. The Morgan fingerprint density at radius 2 is 2.00 bits per heavy atom. The molecule has 0 spiro atoms. The van der Waals surface area contributed by atoms with Crippen LogP contribution in [0, 0.1) is 0 Å². The fourth-order valence-electron chi connectivity index (χ4n) is 1.93. The molecule has 104 valence electrons. The fourth-order valence-corrected chi connectivity index (χ4v) is 1.93. The van der Waals surface area contributed by atoms with Crippen LogP contribution in [-0.2, 0) is 11.2 Å². The van der Waals surface area contributed by atoms with E-state index < -0.39 is 0 Å². The number of nitrogens with two attached hydrogens (primary N) is 1. The number of amides is 1. The van der Waals surface area contributed by atoms with Gasteiger partial charge in [-0.2, -0.15) is 0 Å².